The number of allylic oxidation sites excluding steroid dienone is 1. The number of methoxy groups -OCH3 is 1. The molecule has 9 heteroatoms. The third-order valence-electron chi connectivity index (χ3n) is 6.29. The number of H-pyrrole nitrogens is 1. The number of aromatic nitrogens is 2. The van der Waals surface area contributed by atoms with Crippen molar-refractivity contribution in [2.45, 2.75) is 32.7 Å². The summed E-state index contributed by atoms with van der Waals surface area (Å²) in [7, 11) is 1.55. The number of fused-ring (bicyclic) bond motifs is 2. The van der Waals surface area contributed by atoms with Crippen molar-refractivity contribution < 1.29 is 14.3 Å². The van der Waals surface area contributed by atoms with E-state index in [1.807, 2.05) is 43.5 Å². The van der Waals surface area contributed by atoms with E-state index >= 15 is 0 Å². The maximum atomic E-state index is 14.0. The van der Waals surface area contributed by atoms with Crippen LogP contribution in [-0.2, 0) is 9.53 Å². The summed E-state index contributed by atoms with van der Waals surface area (Å²) >= 11 is 7.69. The highest BCUT2D eigenvalue weighted by Crippen LogP contribution is 2.38. The van der Waals surface area contributed by atoms with E-state index in [9.17, 15) is 9.59 Å². The van der Waals surface area contributed by atoms with E-state index in [1.54, 1.807) is 36.8 Å². The van der Waals surface area contributed by atoms with Crippen LogP contribution in [0.5, 0.6) is 5.75 Å². The second-order valence-corrected chi connectivity index (χ2v) is 10.0. The maximum Gasteiger partial charge on any atom is 0.338 e. The number of carbonyl (C=O) groups excluding carboxylic acids is 1. The lowest BCUT2D eigenvalue weighted by Crippen LogP contribution is -2.40. The number of rotatable bonds is 7. The molecule has 190 valence electrons. The fourth-order valence-corrected chi connectivity index (χ4v) is 5.88. The van der Waals surface area contributed by atoms with E-state index in [0.29, 0.717) is 43.4 Å². The van der Waals surface area contributed by atoms with Gasteiger partial charge in [-0.3, -0.25) is 9.36 Å². The van der Waals surface area contributed by atoms with Gasteiger partial charge in [-0.25, -0.2) is 9.79 Å². The van der Waals surface area contributed by atoms with Gasteiger partial charge in [0.25, 0.3) is 5.56 Å². The van der Waals surface area contributed by atoms with Crippen molar-refractivity contribution >= 4 is 45.9 Å². The van der Waals surface area contributed by atoms with E-state index in [4.69, 9.17) is 26.1 Å². The Morgan fingerprint density at radius 3 is 2.81 bits per heavy atom. The average molecular weight is 536 g/mol. The Morgan fingerprint density at radius 2 is 2.05 bits per heavy atom. The Labute approximate surface area is 222 Å². The first kappa shape index (κ1) is 25.0. The quantitative estimate of drug-likeness (QED) is 0.347. The summed E-state index contributed by atoms with van der Waals surface area (Å²) < 4.78 is 13.2. The number of hydrogen-bond donors (Lipinski definition) is 1. The summed E-state index contributed by atoms with van der Waals surface area (Å²) in [5, 5.41) is 1.48. The van der Waals surface area contributed by atoms with Crippen LogP contribution in [0.3, 0.4) is 0 Å². The second kappa shape index (κ2) is 10.4. The Kier molecular flexibility index (Phi) is 7.04. The van der Waals surface area contributed by atoms with E-state index in [-0.39, 0.29) is 12.2 Å². The van der Waals surface area contributed by atoms with Gasteiger partial charge in [-0.05, 0) is 43.7 Å². The van der Waals surface area contributed by atoms with Gasteiger partial charge < -0.3 is 14.5 Å². The number of nitrogens with one attached hydrogen (secondary N) is 1. The van der Waals surface area contributed by atoms with Gasteiger partial charge in [0.2, 0.25) is 0 Å². The third kappa shape index (κ3) is 4.51. The fourth-order valence-electron chi connectivity index (χ4n) is 4.69. The summed E-state index contributed by atoms with van der Waals surface area (Å²) in [5.41, 5.74) is 3.16. The molecule has 4 aromatic rings. The standard InChI is InChI=1S/C28H26ClN3O4S/c1-4-8-21-24(27(34)36-5-2)25(19-14-17(29)11-12-22(19)35-3)32-26(33)23(37-28(32)31-21)13-16-15-30-20-10-7-6-9-18(16)20/h6-7,9-15,25,30H,4-5,8H2,1-3H3/b23-13+/t25-/m0/s1. The van der Waals surface area contributed by atoms with E-state index in [2.05, 4.69) is 4.98 Å². The molecule has 1 aliphatic heterocycles. The first-order valence-electron chi connectivity index (χ1n) is 12.1. The second-order valence-electron chi connectivity index (χ2n) is 8.59. The molecular weight excluding hydrogens is 510 g/mol. The summed E-state index contributed by atoms with van der Waals surface area (Å²) in [6.07, 6.45) is 5.07. The smallest absolute Gasteiger partial charge is 0.338 e. The van der Waals surface area contributed by atoms with Crippen molar-refractivity contribution in [1.29, 1.82) is 0 Å². The van der Waals surface area contributed by atoms with Crippen LogP contribution in [0.15, 0.2) is 69.7 Å². The first-order chi connectivity index (χ1) is 18.0. The molecule has 1 N–H and O–H groups in total. The van der Waals surface area contributed by atoms with Crippen LogP contribution in [0.25, 0.3) is 17.0 Å². The highest BCUT2D eigenvalue weighted by molar-refractivity contribution is 7.07. The van der Waals surface area contributed by atoms with Gasteiger partial charge in [-0.1, -0.05) is 54.5 Å². The van der Waals surface area contributed by atoms with Crippen LogP contribution in [-0.4, -0.2) is 29.2 Å². The van der Waals surface area contributed by atoms with Crippen LogP contribution < -0.4 is 19.6 Å². The average Bonchev–Trinajstić information content (AvgIpc) is 3.44. The molecule has 2 aromatic heterocycles. The molecule has 1 atom stereocenters. The highest BCUT2D eigenvalue weighted by Gasteiger charge is 2.36. The summed E-state index contributed by atoms with van der Waals surface area (Å²) in [5.74, 6) is 0.00721. The minimum atomic E-state index is -0.796. The number of aromatic amines is 1. The first-order valence-corrected chi connectivity index (χ1v) is 13.3. The van der Waals surface area contributed by atoms with Crippen LogP contribution in [0.2, 0.25) is 5.02 Å². The molecule has 1 aliphatic rings. The van der Waals surface area contributed by atoms with Crippen molar-refractivity contribution in [3.05, 3.63) is 95.8 Å². The van der Waals surface area contributed by atoms with E-state index in [0.717, 1.165) is 22.9 Å². The molecule has 0 saturated carbocycles. The van der Waals surface area contributed by atoms with Gasteiger partial charge in [0.15, 0.2) is 4.80 Å². The van der Waals surface area contributed by atoms with Gasteiger partial charge in [0.1, 0.15) is 11.8 Å². The summed E-state index contributed by atoms with van der Waals surface area (Å²) in [6.45, 7) is 3.97. The zero-order valence-corrected chi connectivity index (χ0v) is 22.3. The molecule has 3 heterocycles. The number of benzene rings is 2. The van der Waals surface area contributed by atoms with Crippen molar-refractivity contribution in [3.63, 3.8) is 0 Å². The Bertz CT molecular complexity index is 1710. The van der Waals surface area contributed by atoms with Crippen LogP contribution in [0.4, 0.5) is 0 Å². The largest absolute Gasteiger partial charge is 0.496 e. The summed E-state index contributed by atoms with van der Waals surface area (Å²) in [4.78, 5) is 35.9. The molecule has 0 radical (unpaired) electrons. The van der Waals surface area contributed by atoms with Crippen molar-refractivity contribution in [1.82, 2.24) is 9.55 Å². The van der Waals surface area contributed by atoms with Gasteiger partial charge in [-0.15, -0.1) is 0 Å². The van der Waals surface area contributed by atoms with Crippen molar-refractivity contribution in [3.8, 4) is 5.75 Å². The Balaban J connectivity index is 1.81. The van der Waals surface area contributed by atoms with Gasteiger partial charge >= 0.3 is 5.97 Å². The number of halogens is 1. The van der Waals surface area contributed by atoms with Crippen molar-refractivity contribution in [2.75, 3.05) is 13.7 Å². The molecule has 0 amide bonds. The molecule has 0 saturated heterocycles. The molecule has 0 spiro atoms. The zero-order chi connectivity index (χ0) is 26.1. The van der Waals surface area contributed by atoms with Gasteiger partial charge in [-0.2, -0.15) is 0 Å². The predicted molar refractivity (Wildman–Crippen MR) is 146 cm³/mol. The molecular formula is C28H26ClN3O4S. The molecule has 0 unspecified atom stereocenters. The zero-order valence-electron chi connectivity index (χ0n) is 20.7. The van der Waals surface area contributed by atoms with Crippen LogP contribution >= 0.6 is 22.9 Å². The molecule has 5 rings (SSSR count). The van der Waals surface area contributed by atoms with Gasteiger partial charge in [0, 0.05) is 33.2 Å². The lowest BCUT2D eigenvalue weighted by Gasteiger charge is -2.27. The van der Waals surface area contributed by atoms with E-state index < -0.39 is 12.0 Å². The molecule has 37 heavy (non-hydrogen) atoms. The topological polar surface area (TPSA) is 85.7 Å². The predicted octanol–water partition coefficient (Wildman–Crippen LogP) is 4.72. The maximum absolute atomic E-state index is 14.0. The minimum absolute atomic E-state index is 0.201. The number of para-hydroxylation sites is 1. The Morgan fingerprint density at radius 1 is 1.24 bits per heavy atom. The fraction of sp³-hybridized carbons (Fsp3) is 0.250. The number of ether oxygens (including phenoxy) is 2. The third-order valence-corrected chi connectivity index (χ3v) is 7.50. The van der Waals surface area contributed by atoms with Crippen LogP contribution in [0, 0.1) is 0 Å². The molecule has 0 aliphatic carbocycles. The minimum Gasteiger partial charge on any atom is -0.496 e. The normalized spacial score (nSPS) is 15.6. The number of esters is 1. The number of nitrogens with zero attached hydrogens (tertiary/aromatic N) is 2. The van der Waals surface area contributed by atoms with Crippen molar-refractivity contribution in [2.24, 2.45) is 4.99 Å². The molecule has 0 fully saturated rings. The van der Waals surface area contributed by atoms with E-state index in [1.165, 1.54) is 11.3 Å². The number of carbonyl (C=O) groups is 1. The number of hydrogen-bond acceptors (Lipinski definition) is 6. The highest BCUT2D eigenvalue weighted by atomic mass is 35.5. The van der Waals surface area contributed by atoms with Crippen LogP contribution in [0.1, 0.15) is 43.9 Å². The monoisotopic (exact) mass is 535 g/mol. The number of thiazole rings is 1. The lowest BCUT2D eigenvalue weighted by atomic mass is 9.93. The molecule has 7 nitrogen and oxygen atoms in total. The summed E-state index contributed by atoms with van der Waals surface area (Å²) in [6, 6.07) is 12.3. The molecule has 2 aromatic carbocycles. The molecule has 0 bridgehead atoms. The SMILES string of the molecule is CCCC1=C(C(=O)OCC)[C@H](c2cc(Cl)ccc2OC)n2c(s/c(=C/c3c[nH]c4ccccc34)c2=O)=N1. The van der Waals surface area contributed by atoms with Gasteiger partial charge in [0.05, 0.1) is 29.5 Å². The lowest BCUT2D eigenvalue weighted by molar-refractivity contribution is -0.139. The Hall–Kier alpha value is -3.62.